The number of aromatic nitrogens is 1. The molecule has 82 valence electrons. The molecule has 1 aromatic carbocycles. The molecule has 0 unspecified atom stereocenters. The Hall–Kier alpha value is -2.10. The van der Waals surface area contributed by atoms with Gasteiger partial charge in [0.05, 0.1) is 0 Å². The van der Waals surface area contributed by atoms with E-state index >= 15 is 0 Å². The normalized spacial score (nSPS) is 10.1. The largest absolute Gasteiger partial charge is 0.489 e. The summed E-state index contributed by atoms with van der Waals surface area (Å²) in [5.41, 5.74) is 7.12. The molecule has 0 fully saturated rings. The summed E-state index contributed by atoms with van der Waals surface area (Å²) in [6, 6.07) is 7.68. The Kier molecular flexibility index (Phi) is 3.00. The molecule has 0 aliphatic heterocycles. The van der Waals surface area contributed by atoms with E-state index in [2.05, 4.69) is 4.98 Å². The Bertz CT molecular complexity index is 488. The third-order valence-electron chi connectivity index (χ3n) is 2.13. The molecule has 0 spiro atoms. The lowest BCUT2D eigenvalue weighted by atomic mass is 10.2. The summed E-state index contributed by atoms with van der Waals surface area (Å²) in [6.07, 6.45) is 3.25. The maximum Gasteiger partial charge on any atom is 0.126 e. The maximum absolute atomic E-state index is 12.9. The zero-order chi connectivity index (χ0) is 11.4. The summed E-state index contributed by atoms with van der Waals surface area (Å²) in [5, 5.41) is 0. The van der Waals surface area contributed by atoms with E-state index in [4.69, 9.17) is 10.5 Å². The van der Waals surface area contributed by atoms with Gasteiger partial charge < -0.3 is 10.5 Å². The minimum atomic E-state index is -0.323. The second-order valence-electron chi connectivity index (χ2n) is 3.32. The Morgan fingerprint density at radius 1 is 1.31 bits per heavy atom. The first-order valence-electron chi connectivity index (χ1n) is 4.82. The fourth-order valence-corrected chi connectivity index (χ4v) is 1.28. The van der Waals surface area contributed by atoms with Crippen molar-refractivity contribution >= 4 is 5.69 Å². The van der Waals surface area contributed by atoms with E-state index in [1.165, 1.54) is 12.1 Å². The molecule has 1 heterocycles. The highest BCUT2D eigenvalue weighted by Gasteiger charge is 2.00. The van der Waals surface area contributed by atoms with E-state index in [9.17, 15) is 4.39 Å². The van der Waals surface area contributed by atoms with Crippen molar-refractivity contribution in [1.29, 1.82) is 0 Å². The molecule has 0 radical (unpaired) electrons. The molecule has 3 nitrogen and oxygen atoms in total. The molecule has 4 heteroatoms. The molecule has 1 aromatic heterocycles. The highest BCUT2D eigenvalue weighted by molar-refractivity contribution is 5.44. The van der Waals surface area contributed by atoms with Crippen molar-refractivity contribution in [3.63, 3.8) is 0 Å². The predicted molar refractivity (Wildman–Crippen MR) is 59.4 cm³/mol. The second-order valence-corrected chi connectivity index (χ2v) is 3.32. The molecule has 16 heavy (non-hydrogen) atoms. The SMILES string of the molecule is Nc1ccncc1COc1cccc(F)c1. The number of nitrogens with zero attached hydrogens (tertiary/aromatic N) is 1. The molecule has 2 N–H and O–H groups in total. The molecule has 0 atom stereocenters. The van der Waals surface area contributed by atoms with Crippen LogP contribution in [0.15, 0.2) is 42.7 Å². The van der Waals surface area contributed by atoms with Crippen molar-refractivity contribution in [3.8, 4) is 5.75 Å². The van der Waals surface area contributed by atoms with E-state index in [0.717, 1.165) is 5.56 Å². The minimum Gasteiger partial charge on any atom is -0.489 e. The van der Waals surface area contributed by atoms with E-state index in [1.807, 2.05) is 0 Å². The van der Waals surface area contributed by atoms with E-state index in [-0.39, 0.29) is 12.4 Å². The van der Waals surface area contributed by atoms with Crippen LogP contribution in [-0.4, -0.2) is 4.98 Å². The first kappa shape index (κ1) is 10.4. The number of anilines is 1. The van der Waals surface area contributed by atoms with E-state index < -0.39 is 0 Å². The van der Waals surface area contributed by atoms with Gasteiger partial charge in [0.25, 0.3) is 0 Å². The summed E-state index contributed by atoms with van der Waals surface area (Å²) in [7, 11) is 0. The second kappa shape index (κ2) is 4.61. The molecule has 2 rings (SSSR count). The molecule has 0 saturated carbocycles. The van der Waals surface area contributed by atoms with Crippen molar-refractivity contribution in [1.82, 2.24) is 4.98 Å². The van der Waals surface area contributed by atoms with Gasteiger partial charge in [-0.25, -0.2) is 4.39 Å². The van der Waals surface area contributed by atoms with Crippen LogP contribution in [0.4, 0.5) is 10.1 Å². The van der Waals surface area contributed by atoms with Crippen LogP contribution in [-0.2, 0) is 6.61 Å². The van der Waals surface area contributed by atoms with Crippen LogP contribution in [0.25, 0.3) is 0 Å². The number of nitrogens with two attached hydrogens (primary N) is 1. The van der Waals surface area contributed by atoms with Crippen LogP contribution < -0.4 is 10.5 Å². The van der Waals surface area contributed by atoms with Gasteiger partial charge in [-0.15, -0.1) is 0 Å². The minimum absolute atomic E-state index is 0.281. The molecule has 0 aliphatic rings. The Labute approximate surface area is 92.7 Å². The first-order valence-corrected chi connectivity index (χ1v) is 4.82. The van der Waals surface area contributed by atoms with E-state index in [1.54, 1.807) is 30.6 Å². The number of halogens is 1. The average molecular weight is 218 g/mol. The van der Waals surface area contributed by atoms with Gasteiger partial charge in [0.2, 0.25) is 0 Å². The lowest BCUT2D eigenvalue weighted by molar-refractivity contribution is 0.305. The summed E-state index contributed by atoms with van der Waals surface area (Å²) < 4.78 is 18.2. The van der Waals surface area contributed by atoms with Crippen LogP contribution in [0.1, 0.15) is 5.56 Å². The van der Waals surface area contributed by atoms with Crippen molar-refractivity contribution in [3.05, 3.63) is 54.1 Å². The molecule has 0 bridgehead atoms. The standard InChI is InChI=1S/C12H11FN2O/c13-10-2-1-3-11(6-10)16-8-9-7-15-5-4-12(9)14/h1-7H,8H2,(H2,14,15). The number of ether oxygens (including phenoxy) is 1. The van der Waals surface area contributed by atoms with Gasteiger partial charge in [-0.2, -0.15) is 0 Å². The smallest absolute Gasteiger partial charge is 0.126 e. The van der Waals surface area contributed by atoms with Gasteiger partial charge in [-0.3, -0.25) is 4.98 Å². The number of hydrogen-bond acceptors (Lipinski definition) is 3. The zero-order valence-electron chi connectivity index (χ0n) is 8.56. The molecular weight excluding hydrogens is 207 g/mol. The quantitative estimate of drug-likeness (QED) is 0.860. The van der Waals surface area contributed by atoms with Gasteiger partial charge in [-0.05, 0) is 18.2 Å². The molecule has 0 amide bonds. The van der Waals surface area contributed by atoms with Crippen LogP contribution >= 0.6 is 0 Å². The van der Waals surface area contributed by atoms with E-state index in [0.29, 0.717) is 11.4 Å². The summed E-state index contributed by atoms with van der Waals surface area (Å²) in [6.45, 7) is 0.281. The van der Waals surface area contributed by atoms with Crippen molar-refractivity contribution in [2.75, 3.05) is 5.73 Å². The van der Waals surface area contributed by atoms with Crippen LogP contribution in [0.5, 0.6) is 5.75 Å². The van der Waals surface area contributed by atoms with Gasteiger partial charge in [0.15, 0.2) is 0 Å². The highest BCUT2D eigenvalue weighted by Crippen LogP contribution is 2.16. The number of nitrogen functional groups attached to an aromatic ring is 1. The van der Waals surface area contributed by atoms with Gasteiger partial charge in [-0.1, -0.05) is 6.07 Å². The van der Waals surface area contributed by atoms with Crippen molar-refractivity contribution in [2.24, 2.45) is 0 Å². The average Bonchev–Trinajstić information content (AvgIpc) is 2.28. The first-order chi connectivity index (χ1) is 7.75. The van der Waals surface area contributed by atoms with Crippen molar-refractivity contribution < 1.29 is 9.13 Å². The fraction of sp³-hybridized carbons (Fsp3) is 0.0833. The predicted octanol–water partition coefficient (Wildman–Crippen LogP) is 2.38. The van der Waals surface area contributed by atoms with Crippen LogP contribution in [0.3, 0.4) is 0 Å². The Morgan fingerprint density at radius 2 is 2.19 bits per heavy atom. The molecule has 0 aliphatic carbocycles. The fourth-order valence-electron chi connectivity index (χ4n) is 1.28. The van der Waals surface area contributed by atoms with Gasteiger partial charge in [0, 0.05) is 29.7 Å². The molecule has 2 aromatic rings. The number of hydrogen-bond donors (Lipinski definition) is 1. The topological polar surface area (TPSA) is 48.1 Å². The molecule has 0 saturated heterocycles. The summed E-state index contributed by atoms with van der Waals surface area (Å²) >= 11 is 0. The monoisotopic (exact) mass is 218 g/mol. The third-order valence-corrected chi connectivity index (χ3v) is 2.13. The lowest BCUT2D eigenvalue weighted by Crippen LogP contribution is -2.00. The number of rotatable bonds is 3. The van der Waals surface area contributed by atoms with Crippen LogP contribution in [0, 0.1) is 5.82 Å². The van der Waals surface area contributed by atoms with Crippen molar-refractivity contribution in [2.45, 2.75) is 6.61 Å². The van der Waals surface area contributed by atoms with Crippen LogP contribution in [0.2, 0.25) is 0 Å². The maximum atomic E-state index is 12.9. The summed E-state index contributed by atoms with van der Waals surface area (Å²) in [4.78, 5) is 3.94. The Balaban J connectivity index is 2.05. The highest BCUT2D eigenvalue weighted by atomic mass is 19.1. The molecular formula is C12H11FN2O. The summed E-state index contributed by atoms with van der Waals surface area (Å²) in [5.74, 6) is 0.153. The lowest BCUT2D eigenvalue weighted by Gasteiger charge is -2.07. The third kappa shape index (κ3) is 2.48. The number of pyridine rings is 1. The Morgan fingerprint density at radius 3 is 2.94 bits per heavy atom. The number of benzene rings is 1. The zero-order valence-corrected chi connectivity index (χ0v) is 8.56. The van der Waals surface area contributed by atoms with Gasteiger partial charge in [0.1, 0.15) is 18.2 Å². The van der Waals surface area contributed by atoms with Gasteiger partial charge >= 0.3 is 0 Å².